The molecule has 0 aliphatic heterocycles. The number of primary amides is 1. The first-order valence-electron chi connectivity index (χ1n) is 10.9. The number of carbonyl (C=O) groups excluding carboxylic acids is 2. The van der Waals surface area contributed by atoms with Gasteiger partial charge in [0.05, 0.1) is 38.9 Å². The molecule has 2 aromatic heterocycles. The zero-order valence-corrected chi connectivity index (χ0v) is 21.7. The van der Waals surface area contributed by atoms with E-state index in [0.717, 1.165) is 29.1 Å². The van der Waals surface area contributed by atoms with Crippen molar-refractivity contribution in [1.29, 1.82) is 0 Å². The lowest BCUT2D eigenvalue weighted by molar-refractivity contribution is -0.140. The summed E-state index contributed by atoms with van der Waals surface area (Å²) < 4.78 is 80.5. The van der Waals surface area contributed by atoms with Gasteiger partial charge in [0.1, 0.15) is 11.5 Å². The largest absolute Gasteiger partial charge is 0.437 e. The van der Waals surface area contributed by atoms with E-state index < -0.39 is 50.7 Å². The number of amides is 2. The molecule has 2 aromatic carbocycles. The lowest BCUT2D eigenvalue weighted by atomic mass is 10.1. The minimum Gasteiger partial charge on any atom is -0.364 e. The van der Waals surface area contributed by atoms with Crippen LogP contribution in [0.2, 0.25) is 5.02 Å². The van der Waals surface area contributed by atoms with Gasteiger partial charge in [-0.15, -0.1) is 0 Å². The molecule has 4 aromatic rings. The Morgan fingerprint density at radius 2 is 1.85 bits per heavy atom. The Balaban J connectivity index is 1.80. The number of hydrogen-bond donors (Lipinski definition) is 2. The van der Waals surface area contributed by atoms with Crippen LogP contribution in [0.15, 0.2) is 47.4 Å². The van der Waals surface area contributed by atoms with Crippen LogP contribution in [-0.4, -0.2) is 41.3 Å². The van der Waals surface area contributed by atoms with Gasteiger partial charge in [-0.25, -0.2) is 17.8 Å². The zero-order valence-electron chi connectivity index (χ0n) is 20.1. The van der Waals surface area contributed by atoms with Crippen molar-refractivity contribution >= 4 is 49.8 Å². The molecule has 0 atom stereocenters. The summed E-state index contributed by atoms with van der Waals surface area (Å²) in [5.74, 6) is -3.06. The van der Waals surface area contributed by atoms with Gasteiger partial charge in [0.2, 0.25) is 0 Å². The predicted octanol–water partition coefficient (Wildman–Crippen LogP) is 4.35. The minimum absolute atomic E-state index is 0.0284. The average molecular weight is 584 g/mol. The standard InChI is InChI=1S/C24H18ClF4N5O4S/c1-11-20(21(24(27,28)29)33-34(11)10-12-4-3-5-13(6-12)39(2,37)38)32-23(36)15-8-19(22(30)35)31-18-9-17(26)16(25)7-14(15)18/h3-9H,10H2,1-2H3,(H2,30,35)(H,32,36). The van der Waals surface area contributed by atoms with Gasteiger partial charge in [-0.1, -0.05) is 23.7 Å². The Morgan fingerprint density at radius 1 is 1.15 bits per heavy atom. The van der Waals surface area contributed by atoms with Crippen LogP contribution in [0.25, 0.3) is 10.9 Å². The van der Waals surface area contributed by atoms with Gasteiger partial charge < -0.3 is 11.1 Å². The summed E-state index contributed by atoms with van der Waals surface area (Å²) in [5, 5.41) is 5.37. The normalized spacial score (nSPS) is 12.1. The first-order valence-corrected chi connectivity index (χ1v) is 13.2. The summed E-state index contributed by atoms with van der Waals surface area (Å²) in [4.78, 5) is 28.9. The molecule has 9 nitrogen and oxygen atoms in total. The number of carbonyl (C=O) groups is 2. The Morgan fingerprint density at radius 3 is 2.46 bits per heavy atom. The van der Waals surface area contributed by atoms with E-state index in [1.165, 1.54) is 31.2 Å². The summed E-state index contributed by atoms with van der Waals surface area (Å²) >= 11 is 5.83. The predicted molar refractivity (Wildman–Crippen MR) is 134 cm³/mol. The molecule has 0 saturated carbocycles. The molecule has 0 saturated heterocycles. The van der Waals surface area contributed by atoms with Gasteiger partial charge in [-0.2, -0.15) is 18.3 Å². The number of halogens is 5. The van der Waals surface area contributed by atoms with E-state index in [9.17, 15) is 35.6 Å². The number of rotatable bonds is 6. The van der Waals surface area contributed by atoms with Crippen molar-refractivity contribution in [3.63, 3.8) is 0 Å². The van der Waals surface area contributed by atoms with Gasteiger partial charge in [-0.05, 0) is 36.8 Å². The molecule has 2 amide bonds. The first-order chi connectivity index (χ1) is 18.1. The van der Waals surface area contributed by atoms with E-state index in [-0.39, 0.29) is 38.6 Å². The summed E-state index contributed by atoms with van der Waals surface area (Å²) in [6.07, 6.45) is -3.99. The zero-order chi connectivity index (χ0) is 28.9. The fraction of sp³-hybridized carbons (Fsp3) is 0.167. The number of benzene rings is 2. The number of fused-ring (bicyclic) bond motifs is 1. The number of nitrogens with one attached hydrogen (secondary N) is 1. The van der Waals surface area contributed by atoms with Crippen molar-refractivity contribution in [3.05, 3.63) is 81.5 Å². The van der Waals surface area contributed by atoms with Gasteiger partial charge in [0.15, 0.2) is 15.5 Å². The number of anilines is 1. The van der Waals surface area contributed by atoms with Crippen molar-refractivity contribution in [2.45, 2.75) is 24.5 Å². The first kappa shape index (κ1) is 28.0. The van der Waals surface area contributed by atoms with Crippen LogP contribution in [0.1, 0.15) is 37.8 Å². The Bertz CT molecular complexity index is 1770. The van der Waals surface area contributed by atoms with Crippen LogP contribution in [0, 0.1) is 12.7 Å². The molecule has 0 radical (unpaired) electrons. The van der Waals surface area contributed by atoms with Crippen molar-refractivity contribution < 1.29 is 35.6 Å². The van der Waals surface area contributed by atoms with Crippen molar-refractivity contribution in [2.75, 3.05) is 11.6 Å². The SMILES string of the molecule is Cc1c(NC(=O)c2cc(C(N)=O)nc3cc(F)c(Cl)cc23)c(C(F)(F)F)nn1Cc1cccc(S(C)(=O)=O)c1. The third-order valence-corrected chi connectivity index (χ3v) is 7.12. The van der Waals surface area contributed by atoms with Gasteiger partial charge in [0.25, 0.3) is 11.8 Å². The van der Waals surface area contributed by atoms with E-state index in [1.54, 1.807) is 0 Å². The second-order valence-corrected chi connectivity index (χ2v) is 11.0. The van der Waals surface area contributed by atoms with E-state index >= 15 is 0 Å². The Labute approximate surface area is 223 Å². The quantitative estimate of drug-likeness (QED) is 0.324. The molecule has 0 bridgehead atoms. The lowest BCUT2D eigenvalue weighted by Gasteiger charge is -2.12. The second-order valence-electron chi connectivity index (χ2n) is 8.54. The van der Waals surface area contributed by atoms with Gasteiger partial charge in [-0.3, -0.25) is 14.3 Å². The number of aromatic nitrogens is 3. The molecule has 204 valence electrons. The monoisotopic (exact) mass is 583 g/mol. The van der Waals surface area contributed by atoms with E-state index in [1.807, 2.05) is 0 Å². The van der Waals surface area contributed by atoms with Crippen LogP contribution in [0.4, 0.5) is 23.2 Å². The second kappa shape index (κ2) is 9.93. The third-order valence-electron chi connectivity index (χ3n) is 5.72. The Hall–Kier alpha value is -4.04. The lowest BCUT2D eigenvalue weighted by Crippen LogP contribution is -2.19. The van der Waals surface area contributed by atoms with Gasteiger partial charge >= 0.3 is 6.18 Å². The molecule has 2 heterocycles. The number of sulfone groups is 1. The molecular weight excluding hydrogens is 566 g/mol. The molecule has 39 heavy (non-hydrogen) atoms. The summed E-state index contributed by atoms with van der Waals surface area (Å²) in [5.41, 5.74) is 2.48. The maximum absolute atomic E-state index is 14.0. The maximum Gasteiger partial charge on any atom is 0.437 e. The van der Waals surface area contributed by atoms with Crippen LogP contribution < -0.4 is 11.1 Å². The van der Waals surface area contributed by atoms with Crippen molar-refractivity contribution in [2.24, 2.45) is 5.73 Å². The van der Waals surface area contributed by atoms with E-state index in [4.69, 9.17) is 17.3 Å². The molecule has 15 heteroatoms. The summed E-state index contributed by atoms with van der Waals surface area (Å²) in [6, 6.07) is 8.47. The highest BCUT2D eigenvalue weighted by Gasteiger charge is 2.39. The van der Waals surface area contributed by atoms with Crippen molar-refractivity contribution in [3.8, 4) is 0 Å². The van der Waals surface area contributed by atoms with Crippen LogP contribution in [-0.2, 0) is 22.6 Å². The highest BCUT2D eigenvalue weighted by atomic mass is 35.5. The summed E-state index contributed by atoms with van der Waals surface area (Å²) in [7, 11) is -3.57. The summed E-state index contributed by atoms with van der Waals surface area (Å²) in [6.45, 7) is 1.04. The number of pyridine rings is 1. The Kier molecular flexibility index (Phi) is 7.12. The smallest absolute Gasteiger partial charge is 0.364 e. The number of nitrogens with zero attached hydrogens (tertiary/aromatic N) is 3. The van der Waals surface area contributed by atoms with Crippen molar-refractivity contribution in [1.82, 2.24) is 14.8 Å². The molecule has 0 aliphatic rings. The maximum atomic E-state index is 14.0. The molecule has 0 spiro atoms. The fourth-order valence-corrected chi connectivity index (χ4v) is 4.67. The molecule has 0 fully saturated rings. The average Bonchev–Trinajstić information content (AvgIpc) is 3.14. The fourth-order valence-electron chi connectivity index (χ4n) is 3.81. The van der Waals surface area contributed by atoms with Crippen LogP contribution >= 0.6 is 11.6 Å². The number of nitrogens with two attached hydrogens (primary N) is 1. The topological polar surface area (TPSA) is 137 Å². The number of alkyl halides is 3. The molecular formula is C24H18ClF4N5O4S. The van der Waals surface area contributed by atoms with E-state index in [2.05, 4.69) is 15.4 Å². The minimum atomic E-state index is -4.99. The third kappa shape index (κ3) is 5.71. The van der Waals surface area contributed by atoms with Gasteiger partial charge in [0, 0.05) is 17.7 Å². The highest BCUT2D eigenvalue weighted by molar-refractivity contribution is 7.90. The van der Waals surface area contributed by atoms with Crippen LogP contribution in [0.5, 0.6) is 0 Å². The molecule has 4 rings (SSSR count). The van der Waals surface area contributed by atoms with E-state index in [0.29, 0.717) is 5.56 Å². The highest BCUT2D eigenvalue weighted by Crippen LogP contribution is 2.37. The molecule has 0 unspecified atom stereocenters. The van der Waals surface area contributed by atoms with Crippen LogP contribution in [0.3, 0.4) is 0 Å². The molecule has 0 aliphatic carbocycles. The molecule has 3 N–H and O–H groups in total. The number of hydrogen-bond acceptors (Lipinski definition) is 6.